The smallest absolute Gasteiger partial charge is 0.258 e. The summed E-state index contributed by atoms with van der Waals surface area (Å²) in [6, 6.07) is 10.1. The average molecular weight is 448 g/mol. The van der Waals surface area contributed by atoms with E-state index in [1.165, 1.54) is 24.4 Å². The van der Waals surface area contributed by atoms with E-state index in [2.05, 4.69) is 15.2 Å². The summed E-state index contributed by atoms with van der Waals surface area (Å²) < 4.78 is 33.2. The minimum Gasteiger partial charge on any atom is -0.504 e. The Hall–Kier alpha value is -2.91. The van der Waals surface area contributed by atoms with Crippen LogP contribution in [-0.2, 0) is 14.8 Å². The van der Waals surface area contributed by atoms with Crippen LogP contribution in [0.15, 0.2) is 52.5 Å². The molecule has 0 bridgehead atoms. The number of aromatic hydroxyl groups is 1. The molecule has 168 valence electrons. The monoisotopic (exact) mass is 447 g/mol. The number of carbonyl (C=O) groups excluding carboxylic acids is 1. The third kappa shape index (κ3) is 7.37. The highest BCUT2D eigenvalue weighted by molar-refractivity contribution is 7.89. The number of hydrogen-bond acceptors (Lipinski definition) is 6. The van der Waals surface area contributed by atoms with Crippen molar-refractivity contribution in [2.75, 3.05) is 6.61 Å². The zero-order valence-electron chi connectivity index (χ0n) is 18.1. The van der Waals surface area contributed by atoms with E-state index >= 15 is 0 Å². The van der Waals surface area contributed by atoms with Crippen molar-refractivity contribution in [3.05, 3.63) is 53.6 Å². The zero-order chi connectivity index (χ0) is 23.0. The molecule has 1 amide bonds. The first-order valence-corrected chi connectivity index (χ1v) is 11.5. The molecule has 8 nitrogen and oxygen atoms in total. The number of nitrogens with one attached hydrogen (secondary N) is 2. The zero-order valence-corrected chi connectivity index (χ0v) is 18.9. The van der Waals surface area contributed by atoms with Gasteiger partial charge in [0, 0.05) is 0 Å². The van der Waals surface area contributed by atoms with Crippen molar-refractivity contribution in [1.29, 1.82) is 0 Å². The standard InChI is InChI=1S/C22H29N3O5S/c1-5-30-21-13-17(8-11-20(21)26)14-23-24-22(27)19(12-15(2)3)25-31(28,29)18-9-6-16(4)7-10-18/h6-11,13-15,19,25-26H,5,12H2,1-4H3,(H,24,27)/b23-14-/t19-/m1/s1. The third-order valence-electron chi connectivity index (χ3n) is 4.32. The molecule has 2 aromatic carbocycles. The number of hydrazone groups is 1. The first-order chi connectivity index (χ1) is 14.6. The van der Waals surface area contributed by atoms with Gasteiger partial charge in [0.15, 0.2) is 11.5 Å². The minimum atomic E-state index is -3.87. The van der Waals surface area contributed by atoms with Gasteiger partial charge in [-0.3, -0.25) is 4.79 Å². The first kappa shape index (κ1) is 24.4. The van der Waals surface area contributed by atoms with Crippen LogP contribution in [0.25, 0.3) is 0 Å². The molecule has 0 aliphatic rings. The second kappa shape index (κ2) is 10.9. The Kier molecular flexibility index (Phi) is 8.58. The maximum absolute atomic E-state index is 12.7. The molecule has 0 heterocycles. The van der Waals surface area contributed by atoms with Crippen molar-refractivity contribution < 1.29 is 23.1 Å². The minimum absolute atomic E-state index is 0.00513. The van der Waals surface area contributed by atoms with E-state index in [9.17, 15) is 18.3 Å². The number of benzene rings is 2. The fraction of sp³-hybridized carbons (Fsp3) is 0.364. The molecule has 2 aromatic rings. The molecule has 0 radical (unpaired) electrons. The topological polar surface area (TPSA) is 117 Å². The molecular formula is C22H29N3O5S. The molecule has 1 atom stereocenters. The number of nitrogens with zero attached hydrogens (tertiary/aromatic N) is 1. The largest absolute Gasteiger partial charge is 0.504 e. The Morgan fingerprint density at radius 3 is 2.48 bits per heavy atom. The van der Waals surface area contributed by atoms with E-state index in [1.54, 1.807) is 31.2 Å². The Labute approximate surface area is 183 Å². The maximum Gasteiger partial charge on any atom is 0.258 e. The van der Waals surface area contributed by atoms with Gasteiger partial charge in [0.1, 0.15) is 6.04 Å². The van der Waals surface area contributed by atoms with Gasteiger partial charge in [0.25, 0.3) is 5.91 Å². The van der Waals surface area contributed by atoms with Crippen LogP contribution in [0.4, 0.5) is 0 Å². The predicted octanol–water partition coefficient (Wildman–Crippen LogP) is 2.94. The van der Waals surface area contributed by atoms with Crippen LogP contribution in [0, 0.1) is 12.8 Å². The second-order valence-electron chi connectivity index (χ2n) is 7.51. The first-order valence-electron chi connectivity index (χ1n) is 10.00. The SMILES string of the molecule is CCOc1cc(/C=N\NC(=O)[C@@H](CC(C)C)NS(=O)(=O)c2ccc(C)cc2)ccc1O. The van der Waals surface area contributed by atoms with Crippen LogP contribution in [0.5, 0.6) is 11.5 Å². The highest BCUT2D eigenvalue weighted by Crippen LogP contribution is 2.26. The van der Waals surface area contributed by atoms with E-state index in [-0.39, 0.29) is 16.6 Å². The molecule has 0 fully saturated rings. The Morgan fingerprint density at radius 1 is 1.19 bits per heavy atom. The molecule has 31 heavy (non-hydrogen) atoms. The number of hydrogen-bond donors (Lipinski definition) is 3. The molecule has 0 unspecified atom stereocenters. The van der Waals surface area contributed by atoms with Crippen LogP contribution in [0.1, 0.15) is 38.3 Å². The number of sulfonamides is 1. The highest BCUT2D eigenvalue weighted by Gasteiger charge is 2.26. The fourth-order valence-electron chi connectivity index (χ4n) is 2.78. The lowest BCUT2D eigenvalue weighted by atomic mass is 10.0. The summed E-state index contributed by atoms with van der Waals surface area (Å²) in [5.74, 6) is -0.178. The van der Waals surface area contributed by atoms with Gasteiger partial charge in [-0.25, -0.2) is 13.8 Å². The lowest BCUT2D eigenvalue weighted by molar-refractivity contribution is -0.123. The van der Waals surface area contributed by atoms with Crippen LogP contribution < -0.4 is 14.9 Å². The fourth-order valence-corrected chi connectivity index (χ4v) is 3.99. The van der Waals surface area contributed by atoms with Crippen molar-refractivity contribution in [3.8, 4) is 11.5 Å². The summed E-state index contributed by atoms with van der Waals surface area (Å²) in [6.45, 7) is 7.85. The number of rotatable bonds is 10. The van der Waals surface area contributed by atoms with Gasteiger partial charge in [0.05, 0.1) is 17.7 Å². The summed E-state index contributed by atoms with van der Waals surface area (Å²) in [5.41, 5.74) is 3.92. The molecule has 0 saturated carbocycles. The normalized spacial score (nSPS) is 12.8. The third-order valence-corrected chi connectivity index (χ3v) is 5.81. The summed E-state index contributed by atoms with van der Waals surface area (Å²) in [7, 11) is -3.87. The number of phenolic OH excluding ortho intramolecular Hbond substituents is 1. The molecule has 9 heteroatoms. The van der Waals surface area contributed by atoms with Gasteiger partial charge < -0.3 is 9.84 Å². The highest BCUT2D eigenvalue weighted by atomic mass is 32.2. The van der Waals surface area contributed by atoms with Gasteiger partial charge in [-0.2, -0.15) is 9.82 Å². The number of phenols is 1. The Bertz CT molecular complexity index is 1020. The molecule has 0 aromatic heterocycles. The van der Waals surface area contributed by atoms with E-state index < -0.39 is 22.0 Å². The van der Waals surface area contributed by atoms with E-state index in [4.69, 9.17) is 4.74 Å². The van der Waals surface area contributed by atoms with Crippen molar-refractivity contribution in [3.63, 3.8) is 0 Å². The van der Waals surface area contributed by atoms with Crippen molar-refractivity contribution in [1.82, 2.24) is 10.1 Å². The van der Waals surface area contributed by atoms with Gasteiger partial charge in [-0.05, 0) is 62.1 Å². The predicted molar refractivity (Wildman–Crippen MR) is 120 cm³/mol. The number of aryl methyl sites for hydroxylation is 1. The van der Waals surface area contributed by atoms with Gasteiger partial charge in [0.2, 0.25) is 10.0 Å². The Morgan fingerprint density at radius 2 is 1.87 bits per heavy atom. The second-order valence-corrected chi connectivity index (χ2v) is 9.22. The van der Waals surface area contributed by atoms with Gasteiger partial charge >= 0.3 is 0 Å². The van der Waals surface area contributed by atoms with Crippen LogP contribution in [0.2, 0.25) is 0 Å². The summed E-state index contributed by atoms with van der Waals surface area (Å²) in [6.07, 6.45) is 1.70. The van der Waals surface area contributed by atoms with Crippen molar-refractivity contribution >= 4 is 22.1 Å². The number of ether oxygens (including phenoxy) is 1. The van der Waals surface area contributed by atoms with Gasteiger partial charge in [-0.15, -0.1) is 0 Å². The molecular weight excluding hydrogens is 418 g/mol. The quantitative estimate of drug-likeness (QED) is 0.382. The Balaban J connectivity index is 2.11. The summed E-state index contributed by atoms with van der Waals surface area (Å²) in [5, 5.41) is 13.7. The maximum atomic E-state index is 12.7. The molecule has 0 saturated heterocycles. The number of carbonyl (C=O) groups is 1. The van der Waals surface area contributed by atoms with Crippen LogP contribution in [0.3, 0.4) is 0 Å². The molecule has 3 N–H and O–H groups in total. The molecule has 0 aliphatic heterocycles. The van der Waals surface area contributed by atoms with Crippen molar-refractivity contribution in [2.45, 2.75) is 45.1 Å². The lowest BCUT2D eigenvalue weighted by Crippen LogP contribution is -2.46. The van der Waals surface area contributed by atoms with Crippen molar-refractivity contribution in [2.24, 2.45) is 11.0 Å². The summed E-state index contributed by atoms with van der Waals surface area (Å²) in [4.78, 5) is 12.7. The van der Waals surface area contributed by atoms with Crippen LogP contribution in [-0.4, -0.2) is 38.3 Å². The number of amides is 1. The van der Waals surface area contributed by atoms with Gasteiger partial charge in [-0.1, -0.05) is 31.5 Å². The average Bonchev–Trinajstić information content (AvgIpc) is 2.70. The van der Waals surface area contributed by atoms with Crippen LogP contribution >= 0.6 is 0 Å². The van der Waals surface area contributed by atoms with E-state index in [0.29, 0.717) is 24.3 Å². The molecule has 2 rings (SSSR count). The lowest BCUT2D eigenvalue weighted by Gasteiger charge is -2.19. The van der Waals surface area contributed by atoms with E-state index in [0.717, 1.165) is 5.56 Å². The van der Waals surface area contributed by atoms with E-state index in [1.807, 2.05) is 20.8 Å². The molecule has 0 aliphatic carbocycles. The molecule has 0 spiro atoms. The summed E-state index contributed by atoms with van der Waals surface area (Å²) >= 11 is 0.